The molecule has 2 rings (SSSR count). The fourth-order valence-corrected chi connectivity index (χ4v) is 2.40. The molecule has 5 nitrogen and oxygen atoms in total. The first-order valence-electron chi connectivity index (χ1n) is 6.11. The number of aromatic nitrogens is 2. The van der Waals surface area contributed by atoms with Gasteiger partial charge in [-0.05, 0) is 18.4 Å². The van der Waals surface area contributed by atoms with Gasteiger partial charge in [-0.25, -0.2) is 0 Å². The van der Waals surface area contributed by atoms with Crippen LogP contribution in [0.3, 0.4) is 0 Å². The lowest BCUT2D eigenvalue weighted by molar-refractivity contribution is -0.131. The van der Waals surface area contributed by atoms with Gasteiger partial charge in [0.1, 0.15) is 6.54 Å². The maximum atomic E-state index is 12.0. The van der Waals surface area contributed by atoms with Crippen molar-refractivity contribution in [2.75, 3.05) is 13.7 Å². The molecule has 19 heavy (non-hydrogen) atoms. The molecular formula is C13H17N3O2S. The van der Waals surface area contributed by atoms with E-state index >= 15 is 0 Å². The van der Waals surface area contributed by atoms with Crippen molar-refractivity contribution in [1.29, 1.82) is 0 Å². The van der Waals surface area contributed by atoms with E-state index in [0.29, 0.717) is 19.0 Å². The van der Waals surface area contributed by atoms with Gasteiger partial charge in [-0.15, -0.1) is 16.4 Å². The Balaban J connectivity index is 1.88. The van der Waals surface area contributed by atoms with E-state index in [0.717, 1.165) is 0 Å². The molecule has 0 aliphatic heterocycles. The molecule has 0 N–H and O–H groups in total. The SMILES string of the molecule is CCOc1ccn(CC(=O)N(C)Cc2cccs2)n1. The van der Waals surface area contributed by atoms with Crippen molar-refractivity contribution >= 4 is 17.2 Å². The predicted octanol–water partition coefficient (Wildman–Crippen LogP) is 2.00. The second kappa shape index (κ2) is 6.38. The smallest absolute Gasteiger partial charge is 0.244 e. The van der Waals surface area contributed by atoms with E-state index in [4.69, 9.17) is 4.74 Å². The van der Waals surface area contributed by atoms with Crippen LogP contribution in [-0.4, -0.2) is 34.2 Å². The van der Waals surface area contributed by atoms with Crippen molar-refractivity contribution in [2.45, 2.75) is 20.0 Å². The standard InChI is InChI=1S/C13H17N3O2S/c1-3-18-12-6-7-16(14-12)10-13(17)15(2)9-11-5-4-8-19-11/h4-8H,3,9-10H2,1-2H3. The molecule has 0 saturated carbocycles. The normalized spacial score (nSPS) is 10.4. The van der Waals surface area contributed by atoms with Crippen molar-refractivity contribution in [3.8, 4) is 5.88 Å². The third kappa shape index (κ3) is 3.82. The summed E-state index contributed by atoms with van der Waals surface area (Å²) in [5.41, 5.74) is 0. The average molecular weight is 279 g/mol. The lowest BCUT2D eigenvalue weighted by Crippen LogP contribution is -2.29. The summed E-state index contributed by atoms with van der Waals surface area (Å²) in [6.45, 7) is 3.34. The monoisotopic (exact) mass is 279 g/mol. The molecule has 102 valence electrons. The Morgan fingerprint density at radius 2 is 2.37 bits per heavy atom. The highest BCUT2D eigenvalue weighted by molar-refractivity contribution is 7.09. The van der Waals surface area contributed by atoms with Gasteiger partial charge in [0.05, 0.1) is 13.2 Å². The summed E-state index contributed by atoms with van der Waals surface area (Å²) in [6.07, 6.45) is 1.75. The van der Waals surface area contributed by atoms with Gasteiger partial charge in [-0.3, -0.25) is 9.48 Å². The number of ether oxygens (including phenoxy) is 1. The number of amides is 1. The number of rotatable bonds is 6. The summed E-state index contributed by atoms with van der Waals surface area (Å²) in [6, 6.07) is 5.77. The summed E-state index contributed by atoms with van der Waals surface area (Å²) in [5, 5.41) is 6.18. The number of carbonyl (C=O) groups is 1. The van der Waals surface area contributed by atoms with E-state index in [1.165, 1.54) is 4.88 Å². The zero-order valence-electron chi connectivity index (χ0n) is 11.1. The Bertz CT molecular complexity index is 522. The van der Waals surface area contributed by atoms with Crippen LogP contribution in [0.2, 0.25) is 0 Å². The van der Waals surface area contributed by atoms with Crippen LogP contribution in [0.25, 0.3) is 0 Å². The number of nitrogens with zero attached hydrogens (tertiary/aromatic N) is 3. The van der Waals surface area contributed by atoms with E-state index < -0.39 is 0 Å². The molecule has 0 saturated heterocycles. The Labute approximate surface area is 116 Å². The van der Waals surface area contributed by atoms with Crippen LogP contribution in [0, 0.1) is 0 Å². The second-order valence-corrected chi connectivity index (χ2v) is 5.15. The topological polar surface area (TPSA) is 47.4 Å². The van der Waals surface area contributed by atoms with E-state index in [2.05, 4.69) is 5.10 Å². The fourth-order valence-electron chi connectivity index (χ4n) is 1.64. The van der Waals surface area contributed by atoms with Crippen molar-refractivity contribution in [3.05, 3.63) is 34.7 Å². The predicted molar refractivity (Wildman–Crippen MR) is 74.2 cm³/mol. The maximum absolute atomic E-state index is 12.0. The molecule has 0 fully saturated rings. The van der Waals surface area contributed by atoms with Crippen LogP contribution in [-0.2, 0) is 17.9 Å². The molecular weight excluding hydrogens is 262 g/mol. The summed E-state index contributed by atoms with van der Waals surface area (Å²) in [4.78, 5) is 14.9. The van der Waals surface area contributed by atoms with Gasteiger partial charge in [-0.2, -0.15) is 0 Å². The first-order chi connectivity index (χ1) is 9.19. The van der Waals surface area contributed by atoms with E-state index in [9.17, 15) is 4.79 Å². The maximum Gasteiger partial charge on any atom is 0.244 e. The summed E-state index contributed by atoms with van der Waals surface area (Å²) in [5.74, 6) is 0.579. The molecule has 0 aromatic carbocycles. The molecule has 0 aliphatic carbocycles. The minimum Gasteiger partial charge on any atom is -0.477 e. The molecule has 0 aliphatic rings. The minimum absolute atomic E-state index is 0.0274. The number of thiophene rings is 1. The van der Waals surface area contributed by atoms with Gasteiger partial charge in [-0.1, -0.05) is 6.07 Å². The minimum atomic E-state index is 0.0274. The van der Waals surface area contributed by atoms with Gasteiger partial charge in [0.15, 0.2) is 0 Å². The zero-order chi connectivity index (χ0) is 13.7. The van der Waals surface area contributed by atoms with Crippen molar-refractivity contribution in [2.24, 2.45) is 0 Å². The average Bonchev–Trinajstić information content (AvgIpc) is 3.02. The van der Waals surface area contributed by atoms with Crippen LogP contribution in [0.5, 0.6) is 5.88 Å². The zero-order valence-corrected chi connectivity index (χ0v) is 11.9. The summed E-state index contributed by atoms with van der Waals surface area (Å²) < 4.78 is 6.85. The van der Waals surface area contributed by atoms with Gasteiger partial charge in [0, 0.05) is 24.2 Å². The van der Waals surface area contributed by atoms with Crippen molar-refractivity contribution in [3.63, 3.8) is 0 Å². The molecule has 2 aromatic heterocycles. The quantitative estimate of drug-likeness (QED) is 0.812. The van der Waals surface area contributed by atoms with Crippen molar-refractivity contribution in [1.82, 2.24) is 14.7 Å². The molecule has 0 unspecified atom stereocenters. The number of likely N-dealkylation sites (N-methyl/N-ethyl adjacent to an activating group) is 1. The molecule has 6 heteroatoms. The van der Waals surface area contributed by atoms with Gasteiger partial charge >= 0.3 is 0 Å². The highest BCUT2D eigenvalue weighted by atomic mass is 32.1. The van der Waals surface area contributed by atoms with Crippen LogP contribution in [0.1, 0.15) is 11.8 Å². The molecule has 2 heterocycles. The van der Waals surface area contributed by atoms with Gasteiger partial charge < -0.3 is 9.64 Å². The Morgan fingerprint density at radius 1 is 1.53 bits per heavy atom. The van der Waals surface area contributed by atoms with Gasteiger partial charge in [0.2, 0.25) is 11.8 Å². The Morgan fingerprint density at radius 3 is 3.05 bits per heavy atom. The van der Waals surface area contributed by atoms with Crippen LogP contribution < -0.4 is 4.74 Å². The van der Waals surface area contributed by atoms with E-state index in [-0.39, 0.29) is 12.5 Å². The highest BCUT2D eigenvalue weighted by Crippen LogP contribution is 2.11. The number of hydrogen-bond acceptors (Lipinski definition) is 4. The highest BCUT2D eigenvalue weighted by Gasteiger charge is 2.11. The first kappa shape index (κ1) is 13.6. The largest absolute Gasteiger partial charge is 0.477 e. The summed E-state index contributed by atoms with van der Waals surface area (Å²) >= 11 is 1.65. The molecule has 0 radical (unpaired) electrons. The van der Waals surface area contributed by atoms with Gasteiger partial charge in [0.25, 0.3) is 0 Å². The lowest BCUT2D eigenvalue weighted by atomic mass is 10.4. The molecule has 2 aromatic rings. The Hall–Kier alpha value is -1.82. The Kier molecular flexibility index (Phi) is 4.57. The van der Waals surface area contributed by atoms with E-state index in [1.807, 2.05) is 24.4 Å². The fraction of sp³-hybridized carbons (Fsp3) is 0.385. The third-order valence-electron chi connectivity index (χ3n) is 2.60. The molecule has 0 spiro atoms. The molecule has 0 atom stereocenters. The van der Waals surface area contributed by atoms with Crippen LogP contribution >= 0.6 is 11.3 Å². The molecule has 0 bridgehead atoms. The number of hydrogen-bond donors (Lipinski definition) is 0. The third-order valence-corrected chi connectivity index (χ3v) is 3.47. The second-order valence-electron chi connectivity index (χ2n) is 4.11. The first-order valence-corrected chi connectivity index (χ1v) is 6.99. The van der Waals surface area contributed by atoms with Crippen LogP contribution in [0.15, 0.2) is 29.8 Å². The van der Waals surface area contributed by atoms with Crippen LogP contribution in [0.4, 0.5) is 0 Å². The van der Waals surface area contributed by atoms with E-state index in [1.54, 1.807) is 40.2 Å². The van der Waals surface area contributed by atoms with Crippen molar-refractivity contribution < 1.29 is 9.53 Å². The summed E-state index contributed by atoms with van der Waals surface area (Å²) in [7, 11) is 1.80. The number of carbonyl (C=O) groups excluding carboxylic acids is 1. The molecule has 1 amide bonds. The lowest BCUT2D eigenvalue weighted by Gasteiger charge is -2.16.